The summed E-state index contributed by atoms with van der Waals surface area (Å²) in [6.07, 6.45) is -3.14. The Hall–Kier alpha value is -0.850. The zero-order valence-electron chi connectivity index (χ0n) is 7.35. The van der Waals surface area contributed by atoms with Crippen LogP contribution in [0, 0.1) is 3.57 Å². The van der Waals surface area contributed by atoms with Crippen LogP contribution in [0.5, 0.6) is 0 Å². The summed E-state index contributed by atoms with van der Waals surface area (Å²) in [5.74, 6) is 0. The fourth-order valence-electron chi connectivity index (χ4n) is 1.37. The van der Waals surface area contributed by atoms with Crippen LogP contribution in [0.3, 0.4) is 0 Å². The van der Waals surface area contributed by atoms with Gasteiger partial charge < -0.3 is 0 Å². The molecule has 1 nitrogen and oxygen atoms in total. The van der Waals surface area contributed by atoms with E-state index in [1.54, 1.807) is 12.1 Å². The van der Waals surface area contributed by atoms with Crippen LogP contribution in [-0.4, -0.2) is 4.98 Å². The second-order valence-corrected chi connectivity index (χ2v) is 4.26. The number of rotatable bonds is 0. The van der Waals surface area contributed by atoms with Gasteiger partial charge in [-0.05, 0) is 40.8 Å². The van der Waals surface area contributed by atoms with Gasteiger partial charge in [-0.2, -0.15) is 13.2 Å². The lowest BCUT2D eigenvalue weighted by atomic mass is 10.1. The zero-order chi connectivity index (χ0) is 11.1. The van der Waals surface area contributed by atoms with Crippen molar-refractivity contribution < 1.29 is 13.2 Å². The van der Waals surface area contributed by atoms with Crippen LogP contribution in [0.25, 0.3) is 10.9 Å². The molecule has 0 N–H and O–H groups in total. The molecule has 0 fully saturated rings. The van der Waals surface area contributed by atoms with Crippen molar-refractivity contribution in [1.82, 2.24) is 4.98 Å². The Morgan fingerprint density at radius 1 is 1.13 bits per heavy atom. The van der Waals surface area contributed by atoms with Gasteiger partial charge in [-0.15, -0.1) is 0 Å². The van der Waals surface area contributed by atoms with Crippen molar-refractivity contribution in [2.45, 2.75) is 6.18 Å². The minimum Gasteiger partial charge on any atom is -0.256 e. The minimum absolute atomic E-state index is 0.144. The number of hydrogen-bond donors (Lipinski definition) is 0. The van der Waals surface area contributed by atoms with Crippen molar-refractivity contribution in [1.29, 1.82) is 0 Å². The molecule has 0 aliphatic carbocycles. The number of halogens is 4. The van der Waals surface area contributed by atoms with E-state index >= 15 is 0 Å². The maximum Gasteiger partial charge on any atom is 0.417 e. The maximum atomic E-state index is 12.6. The lowest BCUT2D eigenvalue weighted by Gasteiger charge is -2.09. The van der Waals surface area contributed by atoms with Gasteiger partial charge in [0.25, 0.3) is 0 Å². The fourth-order valence-corrected chi connectivity index (χ4v) is 1.84. The molecule has 0 radical (unpaired) electrons. The van der Waals surface area contributed by atoms with Gasteiger partial charge >= 0.3 is 6.18 Å². The summed E-state index contributed by atoms with van der Waals surface area (Å²) in [5.41, 5.74) is -0.263. The molecule has 0 spiro atoms. The predicted molar refractivity (Wildman–Crippen MR) is 59.5 cm³/mol. The van der Waals surface area contributed by atoms with E-state index in [9.17, 15) is 13.2 Å². The third-order valence-corrected chi connectivity index (χ3v) is 2.68. The van der Waals surface area contributed by atoms with E-state index in [0.29, 0.717) is 5.52 Å². The molecule has 0 unspecified atom stereocenters. The number of nitrogens with zero attached hydrogens (tertiary/aromatic N) is 1. The summed E-state index contributed by atoms with van der Waals surface area (Å²) in [6, 6.07) is 5.72. The maximum absolute atomic E-state index is 12.6. The molecule has 0 aliphatic heterocycles. The van der Waals surface area contributed by atoms with Gasteiger partial charge in [-0.25, -0.2) is 0 Å². The van der Waals surface area contributed by atoms with E-state index in [1.165, 1.54) is 12.3 Å². The second kappa shape index (κ2) is 3.62. The lowest BCUT2D eigenvalue weighted by Crippen LogP contribution is -2.06. The number of hydrogen-bond acceptors (Lipinski definition) is 1. The summed E-state index contributed by atoms with van der Waals surface area (Å²) < 4.78 is 38.6. The van der Waals surface area contributed by atoms with E-state index in [-0.39, 0.29) is 5.39 Å². The van der Waals surface area contributed by atoms with E-state index in [4.69, 9.17) is 0 Å². The largest absolute Gasteiger partial charge is 0.417 e. The van der Waals surface area contributed by atoms with Gasteiger partial charge in [0.15, 0.2) is 0 Å². The molecule has 1 aromatic heterocycles. The molecular weight excluding hydrogens is 318 g/mol. The van der Waals surface area contributed by atoms with Gasteiger partial charge in [0.1, 0.15) is 0 Å². The number of alkyl halides is 3. The van der Waals surface area contributed by atoms with Gasteiger partial charge in [0.05, 0.1) is 11.1 Å². The first-order chi connectivity index (χ1) is 6.98. The van der Waals surface area contributed by atoms with E-state index < -0.39 is 11.7 Å². The van der Waals surface area contributed by atoms with Crippen molar-refractivity contribution in [3.05, 3.63) is 39.6 Å². The van der Waals surface area contributed by atoms with E-state index in [0.717, 1.165) is 9.64 Å². The van der Waals surface area contributed by atoms with Gasteiger partial charge in [-0.3, -0.25) is 4.98 Å². The summed E-state index contributed by atoms with van der Waals surface area (Å²) in [4.78, 5) is 3.91. The van der Waals surface area contributed by atoms with Crippen LogP contribution in [0.2, 0.25) is 0 Å². The first-order valence-corrected chi connectivity index (χ1v) is 5.18. The average Bonchev–Trinajstić information content (AvgIpc) is 2.15. The van der Waals surface area contributed by atoms with Crippen LogP contribution < -0.4 is 0 Å². The average molecular weight is 323 g/mol. The molecule has 2 aromatic rings. The van der Waals surface area contributed by atoms with Gasteiger partial charge in [0, 0.05) is 15.2 Å². The summed E-state index contributed by atoms with van der Waals surface area (Å²) in [5, 5.41) is 0.144. The van der Waals surface area contributed by atoms with Crippen LogP contribution in [0.4, 0.5) is 13.2 Å². The Morgan fingerprint density at radius 3 is 2.53 bits per heavy atom. The topological polar surface area (TPSA) is 12.9 Å². The first kappa shape index (κ1) is 10.7. The van der Waals surface area contributed by atoms with Crippen LogP contribution in [0.1, 0.15) is 5.56 Å². The Bertz CT molecular complexity index is 507. The number of aromatic nitrogens is 1. The highest BCUT2D eigenvalue weighted by molar-refractivity contribution is 14.1. The molecule has 0 saturated carbocycles. The molecule has 0 atom stereocenters. The molecule has 5 heteroatoms. The molecule has 0 aliphatic rings. The third-order valence-electron chi connectivity index (χ3n) is 2.01. The second-order valence-electron chi connectivity index (χ2n) is 3.02. The lowest BCUT2D eigenvalue weighted by molar-refractivity contribution is -0.136. The molecule has 0 bridgehead atoms. The molecule has 2 rings (SSSR count). The summed E-state index contributed by atoms with van der Waals surface area (Å²) in [6.45, 7) is 0. The Morgan fingerprint density at radius 2 is 1.87 bits per heavy atom. The van der Waals surface area contributed by atoms with Crippen molar-refractivity contribution in [3.8, 4) is 0 Å². The predicted octanol–water partition coefficient (Wildman–Crippen LogP) is 3.86. The smallest absolute Gasteiger partial charge is 0.256 e. The van der Waals surface area contributed by atoms with E-state index in [2.05, 4.69) is 4.98 Å². The Kier molecular flexibility index (Phi) is 2.57. The molecule has 78 valence electrons. The van der Waals surface area contributed by atoms with Crippen LogP contribution >= 0.6 is 22.6 Å². The highest BCUT2D eigenvalue weighted by Gasteiger charge is 2.32. The normalized spacial score (nSPS) is 12.0. The SMILES string of the molecule is FC(F)(F)c1ccnc2cc(I)ccc12. The Labute approximate surface area is 97.5 Å². The molecular formula is C10H5F3IN. The summed E-state index contributed by atoms with van der Waals surface area (Å²) in [7, 11) is 0. The van der Waals surface area contributed by atoms with Crippen LogP contribution in [0.15, 0.2) is 30.5 Å². The van der Waals surface area contributed by atoms with E-state index in [1.807, 2.05) is 22.6 Å². The number of benzene rings is 1. The monoisotopic (exact) mass is 323 g/mol. The third kappa shape index (κ3) is 2.06. The zero-order valence-corrected chi connectivity index (χ0v) is 9.50. The molecule has 15 heavy (non-hydrogen) atoms. The standard InChI is InChI=1S/C10H5F3IN/c11-10(12,13)8-3-4-15-9-5-6(14)1-2-7(8)9/h1-5H. The quantitative estimate of drug-likeness (QED) is 0.671. The molecule has 0 amide bonds. The number of pyridine rings is 1. The highest BCUT2D eigenvalue weighted by atomic mass is 127. The summed E-state index contributed by atoms with van der Waals surface area (Å²) >= 11 is 2.04. The number of fused-ring (bicyclic) bond motifs is 1. The molecule has 0 saturated heterocycles. The van der Waals surface area contributed by atoms with Gasteiger partial charge in [0.2, 0.25) is 0 Å². The van der Waals surface area contributed by atoms with Crippen molar-refractivity contribution >= 4 is 33.5 Å². The van der Waals surface area contributed by atoms with Crippen molar-refractivity contribution in [3.63, 3.8) is 0 Å². The molecule has 1 aromatic carbocycles. The fraction of sp³-hybridized carbons (Fsp3) is 0.100. The highest BCUT2D eigenvalue weighted by Crippen LogP contribution is 2.34. The van der Waals surface area contributed by atoms with Crippen LogP contribution in [-0.2, 0) is 6.18 Å². The van der Waals surface area contributed by atoms with Gasteiger partial charge in [-0.1, -0.05) is 6.07 Å². The van der Waals surface area contributed by atoms with Crippen molar-refractivity contribution in [2.24, 2.45) is 0 Å². The molecule has 1 heterocycles. The minimum atomic E-state index is -4.33. The Balaban J connectivity index is 2.77. The van der Waals surface area contributed by atoms with Crippen molar-refractivity contribution in [2.75, 3.05) is 0 Å². The first-order valence-electron chi connectivity index (χ1n) is 4.10.